The van der Waals surface area contributed by atoms with Gasteiger partial charge in [0.05, 0.1) is 0 Å². The first-order chi connectivity index (χ1) is 9.21. The molecular formula is C15H20N2O2. The third kappa shape index (κ3) is 2.21. The van der Waals surface area contributed by atoms with Crippen molar-refractivity contribution in [3.63, 3.8) is 0 Å². The van der Waals surface area contributed by atoms with Crippen LogP contribution in [0.25, 0.3) is 0 Å². The second-order valence-electron chi connectivity index (χ2n) is 5.76. The highest BCUT2D eigenvalue weighted by atomic mass is 16.4. The number of piperidine rings is 1. The number of likely N-dealkylation sites (tertiary alicyclic amines) is 1. The summed E-state index contributed by atoms with van der Waals surface area (Å²) in [6, 6.07) is 10.5. The van der Waals surface area contributed by atoms with Crippen LogP contribution >= 0.6 is 0 Å². The van der Waals surface area contributed by atoms with Gasteiger partial charge in [0.1, 0.15) is 0 Å². The van der Waals surface area contributed by atoms with Crippen LogP contribution in [0.2, 0.25) is 0 Å². The maximum atomic E-state index is 11.2. The normalized spacial score (nSPS) is 30.7. The van der Waals surface area contributed by atoms with E-state index in [0.29, 0.717) is 19.0 Å². The minimum absolute atomic E-state index is 0.0813. The smallest absolute Gasteiger partial charge is 0.407 e. The zero-order valence-electron chi connectivity index (χ0n) is 11.0. The largest absolute Gasteiger partial charge is 0.465 e. The molecule has 0 radical (unpaired) electrons. The highest BCUT2D eigenvalue weighted by molar-refractivity contribution is 5.65. The summed E-state index contributed by atoms with van der Waals surface area (Å²) in [5, 5.41) is 12.7. The van der Waals surface area contributed by atoms with Crippen LogP contribution in [0.4, 0.5) is 4.79 Å². The first-order valence-corrected chi connectivity index (χ1v) is 6.95. The van der Waals surface area contributed by atoms with Crippen molar-refractivity contribution < 1.29 is 9.90 Å². The van der Waals surface area contributed by atoms with Gasteiger partial charge in [-0.15, -0.1) is 0 Å². The van der Waals surface area contributed by atoms with Crippen LogP contribution in [0.3, 0.4) is 0 Å². The zero-order valence-corrected chi connectivity index (χ0v) is 11.0. The number of hydrogen-bond donors (Lipinski definition) is 2. The number of hydrogen-bond acceptors (Lipinski definition) is 2. The molecule has 2 aliphatic rings. The topological polar surface area (TPSA) is 52.6 Å². The molecule has 4 heteroatoms. The van der Waals surface area contributed by atoms with Crippen LogP contribution < -0.4 is 5.32 Å². The molecule has 2 unspecified atom stereocenters. The zero-order chi connectivity index (χ0) is 13.3. The Hall–Kier alpha value is -1.55. The second kappa shape index (κ2) is 4.85. The third-order valence-corrected chi connectivity index (χ3v) is 4.65. The highest BCUT2D eigenvalue weighted by Crippen LogP contribution is 2.45. The Bertz CT molecular complexity index is 462. The quantitative estimate of drug-likeness (QED) is 0.813. The number of carbonyl (C=O) groups is 1. The van der Waals surface area contributed by atoms with E-state index in [-0.39, 0.29) is 5.41 Å². The Kier molecular flexibility index (Phi) is 3.19. The highest BCUT2D eigenvalue weighted by Gasteiger charge is 2.46. The molecule has 0 saturated carbocycles. The lowest BCUT2D eigenvalue weighted by atomic mass is 9.69. The summed E-state index contributed by atoms with van der Waals surface area (Å²) in [6.07, 6.45) is 1.30. The molecule has 2 saturated heterocycles. The summed E-state index contributed by atoms with van der Waals surface area (Å²) in [4.78, 5) is 12.8. The van der Waals surface area contributed by atoms with Gasteiger partial charge in [-0.25, -0.2) is 4.79 Å². The van der Waals surface area contributed by atoms with E-state index in [4.69, 9.17) is 0 Å². The summed E-state index contributed by atoms with van der Waals surface area (Å²) in [7, 11) is 0. The maximum Gasteiger partial charge on any atom is 0.407 e. The van der Waals surface area contributed by atoms with E-state index in [1.165, 1.54) is 5.56 Å². The van der Waals surface area contributed by atoms with E-state index >= 15 is 0 Å². The summed E-state index contributed by atoms with van der Waals surface area (Å²) in [6.45, 7) is 3.22. The molecule has 1 amide bonds. The van der Waals surface area contributed by atoms with Gasteiger partial charge in [0.15, 0.2) is 0 Å². The molecule has 1 spiro atoms. The Morgan fingerprint density at radius 3 is 2.89 bits per heavy atom. The minimum Gasteiger partial charge on any atom is -0.465 e. The van der Waals surface area contributed by atoms with Crippen LogP contribution in [0.5, 0.6) is 0 Å². The van der Waals surface area contributed by atoms with Crippen LogP contribution in [0, 0.1) is 5.41 Å². The average Bonchev–Trinajstić information content (AvgIpc) is 2.83. The lowest BCUT2D eigenvalue weighted by Gasteiger charge is -2.42. The molecule has 4 nitrogen and oxygen atoms in total. The van der Waals surface area contributed by atoms with Gasteiger partial charge < -0.3 is 15.3 Å². The number of benzene rings is 1. The molecule has 1 aromatic carbocycles. The van der Waals surface area contributed by atoms with Crippen LogP contribution in [0.15, 0.2) is 30.3 Å². The summed E-state index contributed by atoms with van der Waals surface area (Å²) in [5.74, 6) is 0.427. The minimum atomic E-state index is -0.780. The molecule has 0 bridgehead atoms. The molecular weight excluding hydrogens is 240 g/mol. The maximum absolute atomic E-state index is 11.2. The van der Waals surface area contributed by atoms with Crippen molar-refractivity contribution in [1.82, 2.24) is 10.2 Å². The fourth-order valence-corrected chi connectivity index (χ4v) is 3.71. The van der Waals surface area contributed by atoms with Crippen LogP contribution in [0.1, 0.15) is 24.3 Å². The second-order valence-corrected chi connectivity index (χ2v) is 5.76. The lowest BCUT2D eigenvalue weighted by molar-refractivity contribution is 0.0785. The summed E-state index contributed by atoms with van der Waals surface area (Å²) < 4.78 is 0. The summed E-state index contributed by atoms with van der Waals surface area (Å²) in [5.41, 5.74) is 1.41. The number of amides is 1. The van der Waals surface area contributed by atoms with Gasteiger partial charge in [0.2, 0.25) is 0 Å². The number of carboxylic acid groups (broad SMARTS) is 1. The van der Waals surface area contributed by atoms with Gasteiger partial charge in [-0.3, -0.25) is 0 Å². The van der Waals surface area contributed by atoms with Gasteiger partial charge in [0, 0.05) is 37.5 Å². The average molecular weight is 260 g/mol. The molecule has 102 valence electrons. The van der Waals surface area contributed by atoms with Crippen molar-refractivity contribution >= 4 is 6.09 Å². The van der Waals surface area contributed by atoms with Crippen molar-refractivity contribution in [3.05, 3.63) is 35.9 Å². The first-order valence-electron chi connectivity index (χ1n) is 6.95. The first kappa shape index (κ1) is 12.5. The molecule has 3 rings (SSSR count). The molecule has 2 fully saturated rings. The molecule has 2 N–H and O–H groups in total. The molecule has 0 aromatic heterocycles. The van der Waals surface area contributed by atoms with Crippen LogP contribution in [-0.4, -0.2) is 42.3 Å². The Labute approximate surface area is 113 Å². The van der Waals surface area contributed by atoms with Crippen LogP contribution in [-0.2, 0) is 0 Å². The third-order valence-electron chi connectivity index (χ3n) is 4.65. The summed E-state index contributed by atoms with van der Waals surface area (Å²) >= 11 is 0. The van der Waals surface area contributed by atoms with E-state index in [2.05, 4.69) is 29.6 Å². The van der Waals surface area contributed by atoms with E-state index in [1.807, 2.05) is 6.07 Å². The predicted molar refractivity (Wildman–Crippen MR) is 73.3 cm³/mol. The SMILES string of the molecule is O=C(O)N1CCCC2(CNCC2c2ccccc2)C1. The van der Waals surface area contributed by atoms with E-state index < -0.39 is 6.09 Å². The van der Waals surface area contributed by atoms with Crippen molar-refractivity contribution in [2.24, 2.45) is 5.41 Å². The van der Waals surface area contributed by atoms with Gasteiger partial charge in [-0.05, 0) is 18.4 Å². The van der Waals surface area contributed by atoms with Gasteiger partial charge in [-0.2, -0.15) is 0 Å². The van der Waals surface area contributed by atoms with Gasteiger partial charge in [0.25, 0.3) is 0 Å². The number of nitrogens with one attached hydrogen (secondary N) is 1. The standard InChI is InChI=1S/C15H20N2O2/c18-14(19)17-8-4-7-15(11-17)10-16-9-13(15)12-5-2-1-3-6-12/h1-3,5-6,13,16H,4,7-11H2,(H,18,19). The van der Waals surface area contributed by atoms with Gasteiger partial charge in [-0.1, -0.05) is 30.3 Å². The molecule has 1 aromatic rings. The Morgan fingerprint density at radius 1 is 1.37 bits per heavy atom. The van der Waals surface area contributed by atoms with Crippen molar-refractivity contribution in [2.45, 2.75) is 18.8 Å². The Balaban J connectivity index is 1.87. The van der Waals surface area contributed by atoms with Gasteiger partial charge >= 0.3 is 6.09 Å². The molecule has 2 heterocycles. The van der Waals surface area contributed by atoms with Crippen molar-refractivity contribution in [2.75, 3.05) is 26.2 Å². The molecule has 19 heavy (non-hydrogen) atoms. The fourth-order valence-electron chi connectivity index (χ4n) is 3.71. The number of nitrogens with zero attached hydrogens (tertiary/aromatic N) is 1. The Morgan fingerprint density at radius 2 is 2.16 bits per heavy atom. The van der Waals surface area contributed by atoms with E-state index in [0.717, 1.165) is 25.9 Å². The van der Waals surface area contributed by atoms with Crippen molar-refractivity contribution in [3.8, 4) is 0 Å². The lowest BCUT2D eigenvalue weighted by Crippen LogP contribution is -2.48. The monoisotopic (exact) mass is 260 g/mol. The molecule has 2 aliphatic heterocycles. The number of rotatable bonds is 1. The van der Waals surface area contributed by atoms with E-state index in [1.54, 1.807) is 4.90 Å². The predicted octanol–water partition coefficient (Wildman–Crippen LogP) is 2.13. The van der Waals surface area contributed by atoms with E-state index in [9.17, 15) is 9.90 Å². The fraction of sp³-hybridized carbons (Fsp3) is 0.533. The van der Waals surface area contributed by atoms with Crippen molar-refractivity contribution in [1.29, 1.82) is 0 Å². The molecule has 0 aliphatic carbocycles. The molecule has 2 atom stereocenters.